The third-order valence-electron chi connectivity index (χ3n) is 3.83. The number of benzene rings is 2. The Labute approximate surface area is 123 Å². The smallest absolute Gasteiger partial charge is 0.258 e. The van der Waals surface area contributed by atoms with Gasteiger partial charge < -0.3 is 10.2 Å². The number of halogens is 1. The molecule has 108 valence electrons. The Hall–Kier alpha value is -2.36. The molecule has 2 aromatic carbocycles. The van der Waals surface area contributed by atoms with Crippen molar-refractivity contribution in [1.29, 1.82) is 0 Å². The first-order valence-corrected chi connectivity index (χ1v) is 7.06. The van der Waals surface area contributed by atoms with E-state index in [9.17, 15) is 9.18 Å². The van der Waals surface area contributed by atoms with Gasteiger partial charge >= 0.3 is 0 Å². The second-order valence-electron chi connectivity index (χ2n) is 5.21. The molecule has 1 aliphatic heterocycles. The average Bonchev–Trinajstić information content (AvgIpc) is 2.53. The van der Waals surface area contributed by atoms with E-state index in [1.165, 1.54) is 17.0 Å². The average molecular weight is 284 g/mol. The van der Waals surface area contributed by atoms with Crippen molar-refractivity contribution in [3.8, 4) is 0 Å². The lowest BCUT2D eigenvalue weighted by Crippen LogP contribution is -2.28. The molecule has 1 N–H and O–H groups in total. The fraction of sp³-hybridized carbons (Fsp3) is 0.235. The maximum atomic E-state index is 13.3. The first-order valence-electron chi connectivity index (χ1n) is 7.06. The van der Waals surface area contributed by atoms with Crippen LogP contribution in [0.15, 0.2) is 42.5 Å². The Morgan fingerprint density at radius 3 is 2.86 bits per heavy atom. The summed E-state index contributed by atoms with van der Waals surface area (Å²) < 4.78 is 13.3. The number of anilines is 2. The van der Waals surface area contributed by atoms with Crippen LogP contribution in [0.3, 0.4) is 0 Å². The molecule has 0 radical (unpaired) electrons. The van der Waals surface area contributed by atoms with Gasteiger partial charge in [0.2, 0.25) is 0 Å². The van der Waals surface area contributed by atoms with Crippen LogP contribution in [0.25, 0.3) is 0 Å². The van der Waals surface area contributed by atoms with E-state index in [1.807, 2.05) is 18.2 Å². The number of carbonyl (C=O) groups is 1. The molecular weight excluding hydrogens is 267 g/mol. The summed E-state index contributed by atoms with van der Waals surface area (Å²) in [6.45, 7) is 0.935. The van der Waals surface area contributed by atoms with Crippen molar-refractivity contribution in [2.75, 3.05) is 23.8 Å². The Kier molecular flexibility index (Phi) is 3.60. The monoisotopic (exact) mass is 284 g/mol. The van der Waals surface area contributed by atoms with E-state index >= 15 is 0 Å². The van der Waals surface area contributed by atoms with E-state index in [1.54, 1.807) is 19.2 Å². The zero-order valence-corrected chi connectivity index (χ0v) is 11.9. The number of hydrogen-bond acceptors (Lipinski definition) is 2. The van der Waals surface area contributed by atoms with Gasteiger partial charge in [0.15, 0.2) is 0 Å². The van der Waals surface area contributed by atoms with Gasteiger partial charge in [-0.05, 0) is 48.7 Å². The predicted octanol–water partition coefficient (Wildman–Crippen LogP) is 3.46. The molecule has 0 unspecified atom stereocenters. The molecule has 0 fully saturated rings. The van der Waals surface area contributed by atoms with Gasteiger partial charge in [-0.3, -0.25) is 4.79 Å². The molecule has 0 bridgehead atoms. The number of nitrogens with zero attached hydrogens (tertiary/aromatic N) is 1. The first kappa shape index (κ1) is 13.6. The van der Waals surface area contributed by atoms with E-state index < -0.39 is 0 Å². The van der Waals surface area contributed by atoms with Crippen LogP contribution in [-0.2, 0) is 6.42 Å². The van der Waals surface area contributed by atoms with E-state index in [0.29, 0.717) is 11.3 Å². The molecule has 0 aliphatic carbocycles. The minimum Gasteiger partial charge on any atom is -0.385 e. The number of amides is 1. The lowest BCUT2D eigenvalue weighted by Gasteiger charge is -2.23. The van der Waals surface area contributed by atoms with Crippen molar-refractivity contribution >= 4 is 17.3 Å². The minimum absolute atomic E-state index is 0.110. The van der Waals surface area contributed by atoms with Gasteiger partial charge in [-0.1, -0.05) is 12.1 Å². The van der Waals surface area contributed by atoms with Gasteiger partial charge in [-0.2, -0.15) is 0 Å². The number of nitrogens with one attached hydrogen (secondary N) is 1. The molecule has 3 rings (SSSR count). The van der Waals surface area contributed by atoms with Crippen molar-refractivity contribution < 1.29 is 9.18 Å². The zero-order chi connectivity index (χ0) is 14.8. The van der Waals surface area contributed by atoms with Gasteiger partial charge in [-0.15, -0.1) is 0 Å². The van der Waals surface area contributed by atoms with Crippen molar-refractivity contribution in [2.24, 2.45) is 0 Å². The van der Waals surface area contributed by atoms with Gasteiger partial charge in [0.05, 0.1) is 0 Å². The lowest BCUT2D eigenvalue weighted by molar-refractivity contribution is 0.0992. The van der Waals surface area contributed by atoms with Crippen molar-refractivity contribution in [2.45, 2.75) is 12.8 Å². The Morgan fingerprint density at radius 1 is 1.24 bits per heavy atom. The fourth-order valence-corrected chi connectivity index (χ4v) is 2.69. The summed E-state index contributed by atoms with van der Waals surface area (Å²) in [4.78, 5) is 14.2. The number of fused-ring (bicyclic) bond motifs is 1. The van der Waals surface area contributed by atoms with E-state index in [2.05, 4.69) is 5.32 Å². The number of hydrogen-bond donors (Lipinski definition) is 1. The maximum absolute atomic E-state index is 13.3. The fourth-order valence-electron chi connectivity index (χ4n) is 2.69. The standard InChI is InChI=1S/C17H17FN2O/c1-20(13-6-2-5-12(18)11-13)17(21)15-7-3-9-16-14(15)8-4-10-19-16/h2-3,5-7,9,11,19H,4,8,10H2,1H3. The number of carbonyl (C=O) groups excluding carboxylic acids is 1. The molecule has 21 heavy (non-hydrogen) atoms. The third-order valence-corrected chi connectivity index (χ3v) is 3.83. The zero-order valence-electron chi connectivity index (χ0n) is 11.9. The summed E-state index contributed by atoms with van der Waals surface area (Å²) in [7, 11) is 1.67. The molecule has 0 atom stereocenters. The molecule has 3 nitrogen and oxygen atoms in total. The van der Waals surface area contributed by atoms with Crippen LogP contribution >= 0.6 is 0 Å². The van der Waals surface area contributed by atoms with E-state index in [0.717, 1.165) is 30.6 Å². The van der Waals surface area contributed by atoms with Crippen LogP contribution in [-0.4, -0.2) is 19.5 Å². The summed E-state index contributed by atoms with van der Waals surface area (Å²) in [5.74, 6) is -0.454. The van der Waals surface area contributed by atoms with Crippen LogP contribution in [0.1, 0.15) is 22.3 Å². The van der Waals surface area contributed by atoms with Crippen molar-refractivity contribution in [1.82, 2.24) is 0 Å². The van der Waals surface area contributed by atoms with Gasteiger partial charge in [0, 0.05) is 30.5 Å². The van der Waals surface area contributed by atoms with E-state index in [4.69, 9.17) is 0 Å². The third kappa shape index (κ3) is 2.61. The Bertz CT molecular complexity index is 684. The molecule has 0 saturated heterocycles. The van der Waals surface area contributed by atoms with Gasteiger partial charge in [-0.25, -0.2) is 4.39 Å². The molecule has 2 aromatic rings. The molecule has 0 aromatic heterocycles. The predicted molar refractivity (Wildman–Crippen MR) is 82.4 cm³/mol. The normalized spacial score (nSPS) is 13.2. The van der Waals surface area contributed by atoms with Crippen LogP contribution in [0.4, 0.5) is 15.8 Å². The Balaban J connectivity index is 1.95. The summed E-state index contributed by atoms with van der Waals surface area (Å²) in [5.41, 5.74) is 3.32. The van der Waals surface area contributed by atoms with Crippen LogP contribution in [0, 0.1) is 5.82 Å². The highest BCUT2D eigenvalue weighted by Gasteiger charge is 2.20. The highest BCUT2D eigenvalue weighted by atomic mass is 19.1. The topological polar surface area (TPSA) is 32.3 Å². The minimum atomic E-state index is -0.344. The molecule has 1 aliphatic rings. The van der Waals surface area contributed by atoms with Crippen LogP contribution < -0.4 is 10.2 Å². The number of rotatable bonds is 2. The van der Waals surface area contributed by atoms with E-state index in [-0.39, 0.29) is 11.7 Å². The van der Waals surface area contributed by atoms with Crippen LogP contribution in [0.5, 0.6) is 0 Å². The largest absolute Gasteiger partial charge is 0.385 e. The molecule has 0 spiro atoms. The summed E-state index contributed by atoms with van der Waals surface area (Å²) >= 11 is 0. The second kappa shape index (κ2) is 5.56. The lowest BCUT2D eigenvalue weighted by atomic mass is 9.97. The SMILES string of the molecule is CN(C(=O)c1cccc2c1CCCN2)c1cccc(F)c1. The summed E-state index contributed by atoms with van der Waals surface area (Å²) in [6.07, 6.45) is 1.90. The molecular formula is C17H17FN2O. The molecule has 0 saturated carbocycles. The molecule has 1 amide bonds. The second-order valence-corrected chi connectivity index (χ2v) is 5.21. The molecule has 1 heterocycles. The first-order chi connectivity index (χ1) is 10.2. The Morgan fingerprint density at radius 2 is 2.05 bits per heavy atom. The maximum Gasteiger partial charge on any atom is 0.258 e. The van der Waals surface area contributed by atoms with Crippen molar-refractivity contribution in [3.05, 3.63) is 59.4 Å². The summed E-state index contributed by atoms with van der Waals surface area (Å²) in [5, 5.41) is 3.31. The highest BCUT2D eigenvalue weighted by molar-refractivity contribution is 6.07. The summed E-state index contributed by atoms with van der Waals surface area (Å²) in [6, 6.07) is 11.8. The molecule has 4 heteroatoms. The quantitative estimate of drug-likeness (QED) is 0.916. The van der Waals surface area contributed by atoms with Gasteiger partial charge in [0.1, 0.15) is 5.82 Å². The van der Waals surface area contributed by atoms with Crippen molar-refractivity contribution in [3.63, 3.8) is 0 Å². The van der Waals surface area contributed by atoms with Gasteiger partial charge in [0.25, 0.3) is 5.91 Å². The van der Waals surface area contributed by atoms with Crippen LogP contribution in [0.2, 0.25) is 0 Å². The highest BCUT2D eigenvalue weighted by Crippen LogP contribution is 2.27.